The van der Waals surface area contributed by atoms with Gasteiger partial charge in [-0.3, -0.25) is 32.7 Å². The van der Waals surface area contributed by atoms with Crippen LogP contribution in [0.15, 0.2) is 67.7 Å². The largest absolute Gasteiger partial charge is 0.484 e. The topological polar surface area (TPSA) is 199 Å². The zero-order chi connectivity index (χ0) is 39.1. The van der Waals surface area contributed by atoms with Crippen LogP contribution in [0.5, 0.6) is 5.75 Å². The molecule has 0 fully saturated rings. The summed E-state index contributed by atoms with van der Waals surface area (Å²) in [6, 6.07) is 14.4. The second-order valence-corrected chi connectivity index (χ2v) is 12.9. The van der Waals surface area contributed by atoms with Gasteiger partial charge in [0.2, 0.25) is 0 Å². The van der Waals surface area contributed by atoms with E-state index < -0.39 is 5.69 Å². The molecule has 54 heavy (non-hydrogen) atoms. The quantitative estimate of drug-likeness (QED) is 0.168. The lowest BCUT2D eigenvalue weighted by Gasteiger charge is -2.09. The van der Waals surface area contributed by atoms with Crippen molar-refractivity contribution in [3.05, 3.63) is 107 Å². The second-order valence-electron chi connectivity index (χ2n) is 12.4. The zero-order valence-electron chi connectivity index (χ0n) is 30.8. The Bertz CT molecular complexity index is 2570. The third kappa shape index (κ3) is 8.29. The number of rotatable bonds is 12. The molecule has 0 unspecified atom stereocenters. The number of aromatic nitrogens is 8. The Balaban J connectivity index is 0.000000217. The molecule has 17 heteroatoms. The number of nitrogens with zero attached hydrogens (tertiary/aromatic N) is 7. The lowest BCUT2D eigenvalue weighted by atomic mass is 10.2. The molecule has 4 N–H and O–H groups in total. The minimum Gasteiger partial charge on any atom is -0.484 e. The molecule has 0 saturated carbocycles. The molecule has 4 heterocycles. The molecule has 6 aromatic rings. The lowest BCUT2D eigenvalue weighted by molar-refractivity contribution is -0.123. The third-order valence-electron chi connectivity index (χ3n) is 8.50. The van der Waals surface area contributed by atoms with Crippen molar-refractivity contribution in [2.24, 2.45) is 26.9 Å². The number of imidazole rings is 2. The highest BCUT2D eigenvalue weighted by molar-refractivity contribution is 6.30. The van der Waals surface area contributed by atoms with Crippen molar-refractivity contribution >= 4 is 52.0 Å². The first-order valence-corrected chi connectivity index (χ1v) is 17.8. The first kappa shape index (κ1) is 39.2. The number of hydrogen-bond donors (Lipinski definition) is 3. The number of fused-ring (bicyclic) bond motifs is 2. The van der Waals surface area contributed by atoms with Gasteiger partial charge >= 0.3 is 11.4 Å². The Labute approximate surface area is 314 Å². The number of aromatic amines is 1. The molecule has 0 aliphatic heterocycles. The molecule has 0 saturated heterocycles. The maximum atomic E-state index is 12.8. The summed E-state index contributed by atoms with van der Waals surface area (Å²) in [7, 11) is 4.80. The van der Waals surface area contributed by atoms with Crippen LogP contribution in [0.4, 0.5) is 0 Å². The summed E-state index contributed by atoms with van der Waals surface area (Å²) < 4.78 is 12.4. The van der Waals surface area contributed by atoms with E-state index in [-0.39, 0.29) is 29.3 Å². The number of carbonyl (C=O) groups excluding carboxylic acids is 1. The Kier molecular flexibility index (Phi) is 12.5. The monoisotopic (exact) mass is 758 g/mol. The first-order chi connectivity index (χ1) is 25.9. The fourth-order valence-corrected chi connectivity index (χ4v) is 5.93. The summed E-state index contributed by atoms with van der Waals surface area (Å²) in [5.74, 6) is 1.34. The van der Waals surface area contributed by atoms with E-state index in [4.69, 9.17) is 22.1 Å². The summed E-state index contributed by atoms with van der Waals surface area (Å²) in [6.07, 6.45) is 5.07. The maximum absolute atomic E-state index is 12.8. The smallest absolute Gasteiger partial charge is 0.332 e. The van der Waals surface area contributed by atoms with Crippen LogP contribution < -0.4 is 38.3 Å². The van der Waals surface area contributed by atoms with Crippen LogP contribution in [-0.2, 0) is 39.0 Å². The van der Waals surface area contributed by atoms with Gasteiger partial charge in [0.1, 0.15) is 22.9 Å². The molecule has 0 aliphatic carbocycles. The van der Waals surface area contributed by atoms with E-state index in [2.05, 4.69) is 20.3 Å². The fraction of sp³-hybridized carbons (Fsp3) is 0.324. The van der Waals surface area contributed by atoms with Gasteiger partial charge in [0.25, 0.3) is 17.0 Å². The molecular formula is C37H43ClN10O6. The standard InChI is InChI=1S/C21H28N6O4.C16H15ClN4O2/c1-3-11-26-19-17(20(29)27(12-4-2)21(26)30)24-18(25-19)14-5-7-15(8-6-14)31-13-16(28)23-10-9-22;1-19-12(8-7-10-5-4-6-11(17)9-10)18-14-13(19)15(22)21(3)16(23)20(14)2/h5-8H,3-4,9-13,22H2,1-2H3,(H,23,28)(H,24,25);4-9H,1-3H3/b;8-7+. The van der Waals surface area contributed by atoms with E-state index in [1.165, 1.54) is 16.2 Å². The number of benzene rings is 2. The molecular weight excluding hydrogens is 716 g/mol. The van der Waals surface area contributed by atoms with Crippen molar-refractivity contribution in [1.82, 2.24) is 43.1 Å². The zero-order valence-corrected chi connectivity index (χ0v) is 31.5. The molecule has 0 atom stereocenters. The number of nitrogens with two attached hydrogens (primary N) is 1. The van der Waals surface area contributed by atoms with E-state index in [1.54, 1.807) is 59.6 Å². The van der Waals surface area contributed by atoms with Gasteiger partial charge in [-0.05, 0) is 60.9 Å². The van der Waals surface area contributed by atoms with E-state index in [1.807, 2.05) is 38.1 Å². The number of amides is 1. The SMILES string of the molecule is CCCn1c(=O)c2[nH]c(-c3ccc(OCC(=O)NCCN)cc3)nc2n(CCC)c1=O.Cn1c(=O)c2c(nc(/C=C/c3cccc(Cl)c3)n2C)n(C)c1=O. The summed E-state index contributed by atoms with van der Waals surface area (Å²) in [5, 5.41) is 3.28. The normalized spacial score (nSPS) is 11.3. The molecule has 6 rings (SSSR count). The number of ether oxygens (including phenoxy) is 1. The van der Waals surface area contributed by atoms with Crippen molar-refractivity contribution in [2.45, 2.75) is 39.8 Å². The Hall–Kier alpha value is -6.00. The van der Waals surface area contributed by atoms with Gasteiger partial charge in [0.15, 0.2) is 23.4 Å². The van der Waals surface area contributed by atoms with Crippen LogP contribution in [0.3, 0.4) is 0 Å². The van der Waals surface area contributed by atoms with Crippen LogP contribution in [0, 0.1) is 0 Å². The molecule has 2 aromatic carbocycles. The summed E-state index contributed by atoms with van der Waals surface area (Å²) in [6.45, 7) is 5.38. The van der Waals surface area contributed by atoms with Crippen LogP contribution in [0.1, 0.15) is 38.1 Å². The maximum Gasteiger partial charge on any atom is 0.332 e. The van der Waals surface area contributed by atoms with Gasteiger partial charge in [-0.2, -0.15) is 0 Å². The molecule has 0 radical (unpaired) electrons. The average Bonchev–Trinajstić information content (AvgIpc) is 3.76. The Morgan fingerprint density at radius 3 is 2.24 bits per heavy atom. The van der Waals surface area contributed by atoms with Crippen molar-refractivity contribution < 1.29 is 9.53 Å². The fourth-order valence-electron chi connectivity index (χ4n) is 5.74. The van der Waals surface area contributed by atoms with Crippen LogP contribution in [0.2, 0.25) is 5.02 Å². The Morgan fingerprint density at radius 2 is 1.57 bits per heavy atom. The number of nitrogens with one attached hydrogen (secondary N) is 2. The number of halogens is 1. The third-order valence-corrected chi connectivity index (χ3v) is 8.74. The molecule has 1 amide bonds. The number of aryl methyl sites for hydroxylation is 3. The van der Waals surface area contributed by atoms with E-state index in [9.17, 15) is 24.0 Å². The Morgan fingerprint density at radius 1 is 0.870 bits per heavy atom. The van der Waals surface area contributed by atoms with Crippen molar-refractivity contribution in [3.8, 4) is 17.1 Å². The molecule has 16 nitrogen and oxygen atoms in total. The highest BCUT2D eigenvalue weighted by Gasteiger charge is 2.18. The summed E-state index contributed by atoms with van der Waals surface area (Å²) in [4.78, 5) is 73.5. The number of H-pyrrole nitrogens is 1. The van der Waals surface area contributed by atoms with Gasteiger partial charge in [-0.1, -0.05) is 43.7 Å². The molecule has 0 spiro atoms. The predicted molar refractivity (Wildman–Crippen MR) is 210 cm³/mol. The minimum atomic E-state index is -0.397. The van der Waals surface area contributed by atoms with Gasteiger partial charge in [0, 0.05) is 57.9 Å². The molecule has 0 bridgehead atoms. The van der Waals surface area contributed by atoms with Gasteiger partial charge in [-0.25, -0.2) is 19.6 Å². The predicted octanol–water partition coefficient (Wildman–Crippen LogP) is 2.62. The van der Waals surface area contributed by atoms with E-state index >= 15 is 0 Å². The second kappa shape index (κ2) is 17.2. The molecule has 4 aromatic heterocycles. The van der Waals surface area contributed by atoms with E-state index in [0.717, 1.165) is 22.1 Å². The minimum absolute atomic E-state index is 0.107. The first-order valence-electron chi connectivity index (χ1n) is 17.4. The molecule has 0 aliphatic rings. The highest BCUT2D eigenvalue weighted by atomic mass is 35.5. The van der Waals surface area contributed by atoms with Crippen molar-refractivity contribution in [2.75, 3.05) is 19.7 Å². The highest BCUT2D eigenvalue weighted by Crippen LogP contribution is 2.22. The summed E-state index contributed by atoms with van der Waals surface area (Å²) in [5.41, 5.74) is 6.97. The van der Waals surface area contributed by atoms with Crippen LogP contribution in [-0.4, -0.2) is 63.4 Å². The average molecular weight is 759 g/mol. The lowest BCUT2D eigenvalue weighted by Crippen LogP contribution is -2.40. The number of hydrogen-bond acceptors (Lipinski definition) is 9. The van der Waals surface area contributed by atoms with Gasteiger partial charge < -0.3 is 25.3 Å². The van der Waals surface area contributed by atoms with Crippen molar-refractivity contribution in [1.29, 1.82) is 0 Å². The van der Waals surface area contributed by atoms with Crippen LogP contribution >= 0.6 is 11.6 Å². The number of carbonyl (C=O) groups is 1. The van der Waals surface area contributed by atoms with Gasteiger partial charge in [-0.15, -0.1) is 0 Å². The van der Waals surface area contributed by atoms with Gasteiger partial charge in [0.05, 0.1) is 0 Å². The van der Waals surface area contributed by atoms with Crippen molar-refractivity contribution in [3.63, 3.8) is 0 Å². The van der Waals surface area contributed by atoms with Crippen LogP contribution in [0.25, 0.3) is 45.9 Å². The summed E-state index contributed by atoms with van der Waals surface area (Å²) >= 11 is 5.96. The van der Waals surface area contributed by atoms with E-state index in [0.29, 0.717) is 77.3 Å². The molecule has 284 valence electrons.